The molecular weight excluding hydrogens is 396 g/mol. The van der Waals surface area contributed by atoms with Crippen LogP contribution in [0.1, 0.15) is 0 Å². The van der Waals surface area contributed by atoms with Gasteiger partial charge in [0.2, 0.25) is 0 Å². The first-order chi connectivity index (χ1) is 14.8. The lowest BCUT2D eigenvalue weighted by atomic mass is 10.1. The molecule has 0 aliphatic carbocycles. The van der Waals surface area contributed by atoms with Crippen molar-refractivity contribution in [1.29, 1.82) is 0 Å². The molecule has 0 saturated heterocycles. The average molecular weight is 416 g/mol. The van der Waals surface area contributed by atoms with Crippen LogP contribution in [0.4, 0.5) is 0 Å². The van der Waals surface area contributed by atoms with Gasteiger partial charge in [-0.05, 0) is 51.7 Å². The van der Waals surface area contributed by atoms with Crippen LogP contribution in [0.3, 0.4) is 0 Å². The zero-order valence-corrected chi connectivity index (χ0v) is 17.1. The fourth-order valence-corrected chi connectivity index (χ4v) is 3.25. The Morgan fingerprint density at radius 1 is 0.767 bits per heavy atom. The maximum absolute atomic E-state index is 4.85. The second-order valence-electron chi connectivity index (χ2n) is 6.46. The fraction of sp³-hybridized carbons (Fsp3) is 0.0417. The van der Waals surface area contributed by atoms with Crippen molar-refractivity contribution < 1.29 is 9.09 Å². The molecule has 4 aromatic carbocycles. The highest BCUT2D eigenvalue weighted by atomic mass is 35.5. The van der Waals surface area contributed by atoms with E-state index in [9.17, 15) is 0 Å². The Kier molecular flexibility index (Phi) is 6.13. The Hall–Kier alpha value is -3.54. The molecule has 0 spiro atoms. The molecule has 0 atom stereocenters. The van der Waals surface area contributed by atoms with Crippen molar-refractivity contribution in [2.45, 2.75) is 0 Å². The molecule has 5 aromatic rings. The maximum atomic E-state index is 4.85. The summed E-state index contributed by atoms with van der Waals surface area (Å²) in [7, 11) is 1.39. The van der Waals surface area contributed by atoms with Crippen molar-refractivity contribution in [3.8, 4) is 22.8 Å². The number of nitrogens with zero attached hydrogens (tertiary/aromatic N) is 4. The van der Waals surface area contributed by atoms with Crippen LogP contribution < -0.4 is 4.80 Å². The van der Waals surface area contributed by atoms with E-state index < -0.39 is 0 Å². The summed E-state index contributed by atoms with van der Waals surface area (Å²) in [6.45, 7) is 0. The highest BCUT2D eigenvalue weighted by Crippen LogP contribution is 2.20. The number of rotatable bonds is 3. The third kappa shape index (κ3) is 4.08. The number of hydrogen-bond acceptors (Lipinski definition) is 3. The van der Waals surface area contributed by atoms with Crippen molar-refractivity contribution in [3.63, 3.8) is 0 Å². The van der Waals surface area contributed by atoms with E-state index in [1.54, 1.807) is 0 Å². The van der Waals surface area contributed by atoms with Gasteiger partial charge >= 0.3 is 5.82 Å². The van der Waals surface area contributed by atoms with Crippen LogP contribution in [0, 0.1) is 0 Å². The number of aromatic nitrogens is 4. The molecule has 0 unspecified atom stereocenters. The largest absolute Gasteiger partial charge is 0.340 e. The van der Waals surface area contributed by atoms with Gasteiger partial charge in [0.1, 0.15) is 5.69 Å². The zero-order valence-electron chi connectivity index (χ0n) is 16.4. The molecule has 0 saturated carbocycles. The average Bonchev–Trinajstić information content (AvgIpc) is 3.26. The third-order valence-electron chi connectivity index (χ3n) is 4.56. The monoisotopic (exact) mass is 415 g/mol. The Balaban J connectivity index is 0.000000687. The number of halogens is 1. The molecule has 1 heterocycles. The van der Waals surface area contributed by atoms with Crippen molar-refractivity contribution >= 4 is 22.6 Å². The quantitative estimate of drug-likeness (QED) is 0.383. The van der Waals surface area contributed by atoms with Gasteiger partial charge in [-0.25, -0.2) is 0 Å². The first-order valence-electron chi connectivity index (χ1n) is 9.45. The van der Waals surface area contributed by atoms with E-state index in [-0.39, 0.29) is 0 Å². The highest BCUT2D eigenvalue weighted by Gasteiger charge is 2.24. The summed E-state index contributed by atoms with van der Waals surface area (Å²) < 4.78 is 3.72. The fourth-order valence-electron chi connectivity index (χ4n) is 3.25. The molecular formula is C24H20ClN4O+. The van der Waals surface area contributed by atoms with Gasteiger partial charge in [0.25, 0.3) is 0 Å². The number of hydrogen-bond donors (Lipinski definition) is 0. The summed E-state index contributed by atoms with van der Waals surface area (Å²) in [4.78, 5) is 3.73. The lowest BCUT2D eigenvalue weighted by Gasteiger charge is -2.03. The van der Waals surface area contributed by atoms with Gasteiger partial charge in [0.05, 0.1) is 29.6 Å². The Morgan fingerprint density at radius 2 is 1.37 bits per heavy atom. The first-order valence-corrected chi connectivity index (χ1v) is 9.76. The van der Waals surface area contributed by atoms with Crippen molar-refractivity contribution in [1.82, 2.24) is 15.0 Å². The summed E-state index contributed by atoms with van der Waals surface area (Å²) in [5.41, 5.74) is 2.94. The second-order valence-corrected chi connectivity index (χ2v) is 6.77. The van der Waals surface area contributed by atoms with Crippen molar-refractivity contribution in [3.05, 3.63) is 103 Å². The van der Waals surface area contributed by atoms with Crippen LogP contribution in [-0.4, -0.2) is 22.1 Å². The number of benzene rings is 4. The molecule has 30 heavy (non-hydrogen) atoms. The van der Waals surface area contributed by atoms with Gasteiger partial charge in [0.15, 0.2) is 5.69 Å². The number of tetrazole rings is 1. The maximum Gasteiger partial charge on any atom is 0.340 e. The minimum Gasteiger partial charge on any atom is -0.283 e. The molecule has 148 valence electrons. The normalized spacial score (nSPS) is 10.5. The topological polar surface area (TPSA) is 43.8 Å². The van der Waals surface area contributed by atoms with Gasteiger partial charge in [-0.1, -0.05) is 66.7 Å². The van der Waals surface area contributed by atoms with Gasteiger partial charge in [-0.15, -0.1) is 0 Å². The predicted molar refractivity (Wildman–Crippen MR) is 119 cm³/mol. The standard InChI is InChI=1S/C23H17N4.CH3ClO/c1-3-11-19(12-4-1)23-24-26(20-14-5-2-6-15-20)27(25-23)22-17-9-13-18-10-7-8-16-21(18)22;1-3-2/h1-17H;1H3/q+1;. The van der Waals surface area contributed by atoms with E-state index in [2.05, 4.69) is 46.5 Å². The van der Waals surface area contributed by atoms with E-state index >= 15 is 0 Å². The van der Waals surface area contributed by atoms with Crippen LogP contribution in [0.25, 0.3) is 33.5 Å². The molecule has 5 nitrogen and oxygen atoms in total. The molecule has 0 radical (unpaired) electrons. The molecule has 0 N–H and O–H groups in total. The Morgan fingerprint density at radius 3 is 2.10 bits per heavy atom. The zero-order chi connectivity index (χ0) is 20.8. The second kappa shape index (κ2) is 9.31. The van der Waals surface area contributed by atoms with E-state index in [1.807, 2.05) is 82.4 Å². The first kappa shape index (κ1) is 19.8. The Labute approximate surface area is 179 Å². The predicted octanol–water partition coefficient (Wildman–Crippen LogP) is 5.15. The lowest BCUT2D eigenvalue weighted by Crippen LogP contribution is -2.43. The van der Waals surface area contributed by atoms with E-state index in [0.29, 0.717) is 5.82 Å². The van der Waals surface area contributed by atoms with Crippen LogP contribution in [0.5, 0.6) is 0 Å². The molecule has 0 aliphatic heterocycles. The molecule has 5 rings (SSSR count). The summed E-state index contributed by atoms with van der Waals surface area (Å²) in [5, 5.41) is 12.0. The number of para-hydroxylation sites is 1. The molecule has 0 fully saturated rings. The molecule has 6 heteroatoms. The van der Waals surface area contributed by atoms with Crippen molar-refractivity contribution in [2.24, 2.45) is 0 Å². The molecule has 1 aromatic heterocycles. The van der Waals surface area contributed by atoms with Crippen molar-refractivity contribution in [2.75, 3.05) is 7.11 Å². The number of fused-ring (bicyclic) bond motifs is 1. The molecule has 0 aliphatic rings. The van der Waals surface area contributed by atoms with Crippen LogP contribution >= 0.6 is 11.9 Å². The highest BCUT2D eigenvalue weighted by molar-refractivity contribution is 6.07. The lowest BCUT2D eigenvalue weighted by molar-refractivity contribution is -0.733. The van der Waals surface area contributed by atoms with E-state index in [4.69, 9.17) is 10.2 Å². The van der Waals surface area contributed by atoms with Gasteiger partial charge in [-0.2, -0.15) is 0 Å². The summed E-state index contributed by atoms with van der Waals surface area (Å²) >= 11 is 4.50. The molecule has 0 bridgehead atoms. The van der Waals surface area contributed by atoms with Crippen LogP contribution in [0.2, 0.25) is 0 Å². The Bertz CT molecular complexity index is 1230. The minimum atomic E-state index is 0.687. The smallest absolute Gasteiger partial charge is 0.283 e. The summed E-state index contributed by atoms with van der Waals surface area (Å²) in [6.07, 6.45) is 0. The van der Waals surface area contributed by atoms with Crippen LogP contribution in [-0.2, 0) is 4.29 Å². The SMILES string of the molecule is COCl.c1ccc(-c2nn(-c3ccccc3)[n+](-c3cccc4ccccc34)n2)cc1. The summed E-state index contributed by atoms with van der Waals surface area (Å²) in [6, 6.07) is 34.7. The van der Waals surface area contributed by atoms with Crippen LogP contribution in [0.15, 0.2) is 103 Å². The third-order valence-corrected chi connectivity index (χ3v) is 4.56. The molecule has 0 amide bonds. The van der Waals surface area contributed by atoms with Gasteiger partial charge in [-0.3, -0.25) is 4.29 Å². The summed E-state index contributed by atoms with van der Waals surface area (Å²) in [5.74, 6) is 0.687. The minimum absolute atomic E-state index is 0.687. The van der Waals surface area contributed by atoms with Gasteiger partial charge in [0, 0.05) is 10.2 Å². The van der Waals surface area contributed by atoms with E-state index in [0.717, 1.165) is 22.3 Å². The van der Waals surface area contributed by atoms with E-state index in [1.165, 1.54) is 12.5 Å². The van der Waals surface area contributed by atoms with Gasteiger partial charge < -0.3 is 0 Å².